The highest BCUT2D eigenvalue weighted by molar-refractivity contribution is 7.21. The molecular weight excluding hydrogens is 402 g/mol. The summed E-state index contributed by atoms with van der Waals surface area (Å²) in [6, 6.07) is 18.4. The van der Waals surface area contributed by atoms with Crippen LogP contribution in [-0.4, -0.2) is 42.0 Å². The fourth-order valence-corrected chi connectivity index (χ4v) is 5.36. The first-order valence-electron chi connectivity index (χ1n) is 9.69. The molecule has 0 aliphatic carbocycles. The van der Waals surface area contributed by atoms with Gasteiger partial charge in [-0.25, -0.2) is 4.98 Å². The van der Waals surface area contributed by atoms with E-state index in [1.165, 1.54) is 22.6 Å². The number of anilines is 1. The van der Waals surface area contributed by atoms with Gasteiger partial charge < -0.3 is 9.80 Å². The quantitative estimate of drug-likeness (QED) is 0.408. The summed E-state index contributed by atoms with van der Waals surface area (Å²) < 4.78 is 1.04. The molecule has 4 nitrogen and oxygen atoms in total. The fourth-order valence-electron chi connectivity index (χ4n) is 3.91. The number of halogens is 1. The molecule has 5 rings (SSSR count). The van der Waals surface area contributed by atoms with E-state index in [-0.39, 0.29) is 5.91 Å². The molecular formula is C23H20ClN3OS. The molecule has 0 bridgehead atoms. The molecule has 6 heteroatoms. The molecule has 29 heavy (non-hydrogen) atoms. The standard InChI is InChI=1S/C23H20ClN3OS/c1-15-7-8-19-17(13-15)21-18(22(24)25-19)14-20(29-21)23(28)27-11-9-26(10-12-27)16-5-3-2-4-6-16/h2-8,13-14H,9-12H2,1H3. The summed E-state index contributed by atoms with van der Waals surface area (Å²) in [4.78, 5) is 22.7. The maximum Gasteiger partial charge on any atom is 0.264 e. The van der Waals surface area contributed by atoms with Gasteiger partial charge in [-0.15, -0.1) is 11.3 Å². The van der Waals surface area contributed by atoms with E-state index < -0.39 is 0 Å². The van der Waals surface area contributed by atoms with Gasteiger partial charge in [0.05, 0.1) is 10.4 Å². The zero-order valence-corrected chi connectivity index (χ0v) is 17.6. The van der Waals surface area contributed by atoms with E-state index in [0.29, 0.717) is 18.2 Å². The van der Waals surface area contributed by atoms with Gasteiger partial charge in [-0.1, -0.05) is 41.4 Å². The molecule has 4 aromatic rings. The molecule has 146 valence electrons. The minimum absolute atomic E-state index is 0.0794. The van der Waals surface area contributed by atoms with E-state index in [1.807, 2.05) is 41.3 Å². The van der Waals surface area contributed by atoms with Crippen molar-refractivity contribution in [2.45, 2.75) is 6.92 Å². The Kier molecular flexibility index (Phi) is 4.64. The number of aryl methyl sites for hydroxylation is 1. The first kappa shape index (κ1) is 18.4. The zero-order valence-electron chi connectivity index (χ0n) is 16.1. The SMILES string of the molecule is Cc1ccc2nc(Cl)c3cc(C(=O)N4CCN(c5ccccc5)CC4)sc3c2c1. The van der Waals surface area contributed by atoms with Crippen LogP contribution >= 0.6 is 22.9 Å². The maximum atomic E-state index is 13.2. The Morgan fingerprint density at radius 3 is 2.52 bits per heavy atom. The highest BCUT2D eigenvalue weighted by atomic mass is 35.5. The number of para-hydroxylation sites is 1. The lowest BCUT2D eigenvalue weighted by molar-refractivity contribution is 0.0752. The molecule has 0 unspecified atom stereocenters. The number of hydrogen-bond donors (Lipinski definition) is 0. The molecule has 1 aliphatic heterocycles. The lowest BCUT2D eigenvalue weighted by atomic mass is 10.1. The summed E-state index contributed by atoms with van der Waals surface area (Å²) in [5.41, 5.74) is 3.24. The molecule has 0 atom stereocenters. The largest absolute Gasteiger partial charge is 0.368 e. The predicted molar refractivity (Wildman–Crippen MR) is 121 cm³/mol. The Balaban J connectivity index is 1.42. The molecule has 0 radical (unpaired) electrons. The van der Waals surface area contributed by atoms with Crippen LogP contribution in [0.4, 0.5) is 5.69 Å². The van der Waals surface area contributed by atoms with Crippen molar-refractivity contribution in [1.29, 1.82) is 0 Å². The summed E-state index contributed by atoms with van der Waals surface area (Å²) in [7, 11) is 0. The molecule has 2 aromatic heterocycles. The van der Waals surface area contributed by atoms with Crippen molar-refractivity contribution in [3.05, 3.63) is 70.2 Å². The molecule has 2 aromatic carbocycles. The molecule has 1 aliphatic rings. The second-order valence-electron chi connectivity index (χ2n) is 7.39. The van der Waals surface area contributed by atoms with Crippen LogP contribution in [0, 0.1) is 6.92 Å². The number of carbonyl (C=O) groups is 1. The van der Waals surface area contributed by atoms with E-state index in [4.69, 9.17) is 11.6 Å². The Hall–Kier alpha value is -2.63. The number of piperazine rings is 1. The first-order valence-corrected chi connectivity index (χ1v) is 10.9. The molecule has 1 amide bonds. The van der Waals surface area contributed by atoms with Gasteiger partial charge in [0.15, 0.2) is 0 Å². The van der Waals surface area contributed by atoms with E-state index >= 15 is 0 Å². The van der Waals surface area contributed by atoms with Crippen molar-refractivity contribution in [2.75, 3.05) is 31.1 Å². The van der Waals surface area contributed by atoms with Gasteiger partial charge in [-0.05, 0) is 37.3 Å². The number of benzene rings is 2. The second kappa shape index (κ2) is 7.32. The Bertz CT molecular complexity index is 1210. The summed E-state index contributed by atoms with van der Waals surface area (Å²) in [5, 5.41) is 2.38. The monoisotopic (exact) mass is 421 g/mol. The zero-order chi connectivity index (χ0) is 20.0. The van der Waals surface area contributed by atoms with Crippen molar-refractivity contribution in [3.63, 3.8) is 0 Å². The van der Waals surface area contributed by atoms with Gasteiger partial charge in [-0.2, -0.15) is 0 Å². The number of aromatic nitrogens is 1. The van der Waals surface area contributed by atoms with E-state index in [1.54, 1.807) is 0 Å². The smallest absolute Gasteiger partial charge is 0.264 e. The minimum atomic E-state index is 0.0794. The third-order valence-corrected chi connectivity index (χ3v) is 6.91. The first-order chi connectivity index (χ1) is 14.1. The van der Waals surface area contributed by atoms with Crippen molar-refractivity contribution in [1.82, 2.24) is 9.88 Å². The average Bonchev–Trinajstić information content (AvgIpc) is 3.21. The average molecular weight is 422 g/mol. The van der Waals surface area contributed by atoms with Crippen LogP contribution in [0.5, 0.6) is 0 Å². The third-order valence-electron chi connectivity index (χ3n) is 5.47. The predicted octanol–water partition coefficient (Wildman–Crippen LogP) is 5.37. The maximum absolute atomic E-state index is 13.2. The number of pyridine rings is 1. The third kappa shape index (κ3) is 3.34. The van der Waals surface area contributed by atoms with Crippen molar-refractivity contribution < 1.29 is 4.79 Å². The van der Waals surface area contributed by atoms with Crippen LogP contribution in [0.2, 0.25) is 5.15 Å². The molecule has 0 spiro atoms. The van der Waals surface area contributed by atoms with Crippen LogP contribution in [0.1, 0.15) is 15.2 Å². The number of hydrogen-bond acceptors (Lipinski definition) is 4. The van der Waals surface area contributed by atoms with Crippen LogP contribution < -0.4 is 4.90 Å². The number of nitrogens with zero attached hydrogens (tertiary/aromatic N) is 3. The minimum Gasteiger partial charge on any atom is -0.368 e. The normalized spacial score (nSPS) is 14.7. The topological polar surface area (TPSA) is 36.4 Å². The Labute approximate surface area is 178 Å². The number of rotatable bonds is 2. The van der Waals surface area contributed by atoms with Crippen LogP contribution in [-0.2, 0) is 0 Å². The fraction of sp³-hybridized carbons (Fsp3) is 0.217. The van der Waals surface area contributed by atoms with Gasteiger partial charge >= 0.3 is 0 Å². The van der Waals surface area contributed by atoms with E-state index in [9.17, 15) is 4.79 Å². The summed E-state index contributed by atoms with van der Waals surface area (Å²) in [6.07, 6.45) is 0. The van der Waals surface area contributed by atoms with Crippen molar-refractivity contribution in [3.8, 4) is 0 Å². The molecule has 1 saturated heterocycles. The highest BCUT2D eigenvalue weighted by Gasteiger charge is 2.24. The Morgan fingerprint density at radius 2 is 1.76 bits per heavy atom. The number of thiophene rings is 1. The summed E-state index contributed by atoms with van der Waals surface area (Å²) in [5.74, 6) is 0.0794. The number of carbonyl (C=O) groups excluding carboxylic acids is 1. The van der Waals surface area contributed by atoms with Gasteiger partial charge in [-0.3, -0.25) is 4.79 Å². The molecule has 0 saturated carbocycles. The van der Waals surface area contributed by atoms with Crippen LogP contribution in [0.3, 0.4) is 0 Å². The molecule has 1 fully saturated rings. The molecule has 0 N–H and O–H groups in total. The van der Waals surface area contributed by atoms with E-state index in [0.717, 1.165) is 39.0 Å². The number of amides is 1. The van der Waals surface area contributed by atoms with Crippen LogP contribution in [0.15, 0.2) is 54.6 Å². The molecule has 3 heterocycles. The van der Waals surface area contributed by atoms with Gasteiger partial charge in [0, 0.05) is 47.3 Å². The lowest BCUT2D eigenvalue weighted by Gasteiger charge is -2.35. The van der Waals surface area contributed by atoms with Crippen molar-refractivity contribution >= 4 is 55.5 Å². The highest BCUT2D eigenvalue weighted by Crippen LogP contribution is 2.36. The summed E-state index contributed by atoms with van der Waals surface area (Å²) in [6.45, 7) is 5.17. The number of fused-ring (bicyclic) bond motifs is 3. The van der Waals surface area contributed by atoms with Gasteiger partial charge in [0.25, 0.3) is 5.91 Å². The Morgan fingerprint density at radius 1 is 1.00 bits per heavy atom. The summed E-state index contributed by atoms with van der Waals surface area (Å²) >= 11 is 7.95. The van der Waals surface area contributed by atoms with Crippen molar-refractivity contribution in [2.24, 2.45) is 0 Å². The van der Waals surface area contributed by atoms with Gasteiger partial charge in [0.2, 0.25) is 0 Å². The second-order valence-corrected chi connectivity index (χ2v) is 8.80. The lowest BCUT2D eigenvalue weighted by Crippen LogP contribution is -2.48. The van der Waals surface area contributed by atoms with Crippen LogP contribution in [0.25, 0.3) is 21.0 Å². The van der Waals surface area contributed by atoms with Gasteiger partial charge in [0.1, 0.15) is 5.15 Å². The van der Waals surface area contributed by atoms with E-state index in [2.05, 4.69) is 35.0 Å².